The van der Waals surface area contributed by atoms with E-state index in [0.29, 0.717) is 0 Å². The lowest BCUT2D eigenvalue weighted by molar-refractivity contribution is 0.670. The van der Waals surface area contributed by atoms with E-state index >= 15 is 0 Å². The summed E-state index contributed by atoms with van der Waals surface area (Å²) in [5.41, 5.74) is 6.27. The molecule has 0 radical (unpaired) electrons. The Labute approximate surface area is 145 Å². The number of furan rings is 1. The van der Waals surface area contributed by atoms with Crippen molar-refractivity contribution in [1.29, 1.82) is 0 Å². The van der Waals surface area contributed by atoms with Crippen LogP contribution in [0.3, 0.4) is 0 Å². The normalized spacial score (nSPS) is 11.6. The van der Waals surface area contributed by atoms with Gasteiger partial charge in [0.05, 0.1) is 5.69 Å². The molecule has 2 heterocycles. The van der Waals surface area contributed by atoms with Gasteiger partial charge in [-0.3, -0.25) is 4.98 Å². The van der Waals surface area contributed by atoms with E-state index in [-0.39, 0.29) is 0 Å². The highest BCUT2D eigenvalue weighted by molar-refractivity contribution is 6.20. The average molecular weight is 323 g/mol. The zero-order chi connectivity index (χ0) is 17.0. The molecular formula is C23H17NO. The number of para-hydroxylation sites is 1. The number of nitrogens with zero attached hydrogens (tertiary/aromatic N) is 1. The van der Waals surface area contributed by atoms with Crippen LogP contribution in [-0.2, 0) is 0 Å². The van der Waals surface area contributed by atoms with Crippen molar-refractivity contribution >= 4 is 32.7 Å². The van der Waals surface area contributed by atoms with E-state index in [9.17, 15) is 0 Å². The first kappa shape index (κ1) is 14.2. The predicted octanol–water partition coefficient (Wildman–Crippen LogP) is 6.42. The van der Waals surface area contributed by atoms with Crippen molar-refractivity contribution in [2.45, 2.75) is 13.8 Å². The van der Waals surface area contributed by atoms with Gasteiger partial charge in [-0.25, -0.2) is 0 Å². The summed E-state index contributed by atoms with van der Waals surface area (Å²) in [7, 11) is 0. The maximum atomic E-state index is 6.28. The van der Waals surface area contributed by atoms with Crippen molar-refractivity contribution in [3.05, 3.63) is 78.0 Å². The third kappa shape index (κ3) is 2.07. The zero-order valence-electron chi connectivity index (χ0n) is 14.2. The maximum Gasteiger partial charge on any atom is 0.144 e. The molecule has 0 atom stereocenters. The Morgan fingerprint density at radius 1 is 0.800 bits per heavy atom. The second kappa shape index (κ2) is 5.18. The summed E-state index contributed by atoms with van der Waals surface area (Å²) < 4.78 is 6.28. The molecule has 0 bridgehead atoms. The van der Waals surface area contributed by atoms with E-state index in [4.69, 9.17) is 4.42 Å². The zero-order valence-corrected chi connectivity index (χ0v) is 14.2. The quantitative estimate of drug-likeness (QED) is 0.356. The molecule has 0 aliphatic carbocycles. The average Bonchev–Trinajstić information content (AvgIpc) is 3.03. The van der Waals surface area contributed by atoms with E-state index in [1.807, 2.05) is 6.20 Å². The van der Waals surface area contributed by atoms with Crippen molar-refractivity contribution in [3.8, 4) is 11.3 Å². The third-order valence-corrected chi connectivity index (χ3v) is 5.04. The Morgan fingerprint density at radius 2 is 1.64 bits per heavy atom. The van der Waals surface area contributed by atoms with Gasteiger partial charge in [-0.1, -0.05) is 42.5 Å². The Balaban J connectivity index is 1.90. The van der Waals surface area contributed by atoms with Crippen molar-refractivity contribution in [1.82, 2.24) is 4.98 Å². The fourth-order valence-electron chi connectivity index (χ4n) is 3.54. The molecule has 5 aromatic rings. The Morgan fingerprint density at radius 3 is 2.52 bits per heavy atom. The molecule has 0 fully saturated rings. The number of rotatable bonds is 1. The molecule has 0 unspecified atom stereocenters. The van der Waals surface area contributed by atoms with E-state index in [1.54, 1.807) is 0 Å². The fourth-order valence-corrected chi connectivity index (χ4v) is 3.54. The van der Waals surface area contributed by atoms with Crippen LogP contribution >= 0.6 is 0 Å². The molecule has 0 saturated carbocycles. The van der Waals surface area contributed by atoms with Crippen molar-refractivity contribution in [3.63, 3.8) is 0 Å². The summed E-state index contributed by atoms with van der Waals surface area (Å²) >= 11 is 0. The first-order valence-electron chi connectivity index (χ1n) is 8.49. The molecule has 0 spiro atoms. The lowest BCUT2D eigenvalue weighted by Crippen LogP contribution is -1.88. The van der Waals surface area contributed by atoms with E-state index in [1.165, 1.54) is 27.3 Å². The Hall–Kier alpha value is -3.13. The number of hydrogen-bond acceptors (Lipinski definition) is 2. The Kier molecular flexibility index (Phi) is 2.95. The van der Waals surface area contributed by atoms with Crippen LogP contribution in [0.25, 0.3) is 44.0 Å². The lowest BCUT2D eigenvalue weighted by atomic mass is 10.0. The van der Waals surface area contributed by atoms with Crippen LogP contribution < -0.4 is 0 Å². The van der Waals surface area contributed by atoms with Gasteiger partial charge in [0.15, 0.2) is 0 Å². The lowest BCUT2D eigenvalue weighted by Gasteiger charge is -2.05. The van der Waals surface area contributed by atoms with Crippen LogP contribution in [-0.4, -0.2) is 4.98 Å². The summed E-state index contributed by atoms with van der Waals surface area (Å²) in [5.74, 6) is 0. The van der Waals surface area contributed by atoms with E-state index < -0.39 is 0 Å². The molecule has 25 heavy (non-hydrogen) atoms. The van der Waals surface area contributed by atoms with Crippen LogP contribution in [0.2, 0.25) is 0 Å². The molecule has 2 nitrogen and oxygen atoms in total. The molecule has 0 aliphatic heterocycles. The van der Waals surface area contributed by atoms with Gasteiger partial charge >= 0.3 is 0 Å². The summed E-state index contributed by atoms with van der Waals surface area (Å²) in [6, 6.07) is 21.1. The topological polar surface area (TPSA) is 26.0 Å². The number of aryl methyl sites for hydroxylation is 2. The molecule has 2 heteroatoms. The summed E-state index contributed by atoms with van der Waals surface area (Å²) in [5, 5.41) is 4.78. The molecule has 0 saturated heterocycles. The monoisotopic (exact) mass is 323 g/mol. The summed E-state index contributed by atoms with van der Waals surface area (Å²) in [6.07, 6.45) is 1.93. The minimum atomic E-state index is 0.907. The van der Waals surface area contributed by atoms with Gasteiger partial charge < -0.3 is 4.42 Å². The molecule has 3 aromatic carbocycles. The number of aromatic nitrogens is 1. The van der Waals surface area contributed by atoms with Crippen molar-refractivity contribution in [2.75, 3.05) is 0 Å². The van der Waals surface area contributed by atoms with Gasteiger partial charge in [0.2, 0.25) is 0 Å². The van der Waals surface area contributed by atoms with E-state index in [2.05, 4.69) is 79.5 Å². The maximum absolute atomic E-state index is 6.28. The Bertz CT molecular complexity index is 1260. The second-order valence-corrected chi connectivity index (χ2v) is 6.60. The summed E-state index contributed by atoms with van der Waals surface area (Å²) in [4.78, 5) is 4.63. The van der Waals surface area contributed by atoms with Gasteiger partial charge in [-0.05, 0) is 53.9 Å². The minimum absolute atomic E-state index is 0.907. The molecule has 5 rings (SSSR count). The molecule has 120 valence electrons. The van der Waals surface area contributed by atoms with Gasteiger partial charge in [0, 0.05) is 22.5 Å². The standard InChI is InChI=1S/C23H17NO/c1-14-12-20(24-13-15(14)2)18-8-5-9-19-22-17-7-4-3-6-16(17)10-11-21(22)25-23(18)19/h3-13H,1-2H3. The fraction of sp³-hybridized carbons (Fsp3) is 0.0870. The van der Waals surface area contributed by atoms with E-state index in [0.717, 1.165) is 27.8 Å². The van der Waals surface area contributed by atoms with Gasteiger partial charge in [-0.15, -0.1) is 0 Å². The molecule has 0 aliphatic rings. The molecule has 0 N–H and O–H groups in total. The second-order valence-electron chi connectivity index (χ2n) is 6.60. The molecule has 2 aromatic heterocycles. The third-order valence-electron chi connectivity index (χ3n) is 5.04. The minimum Gasteiger partial charge on any atom is -0.455 e. The van der Waals surface area contributed by atoms with Gasteiger partial charge in [0.25, 0.3) is 0 Å². The highest BCUT2D eigenvalue weighted by Gasteiger charge is 2.15. The first-order valence-corrected chi connectivity index (χ1v) is 8.49. The van der Waals surface area contributed by atoms with Gasteiger partial charge in [0.1, 0.15) is 11.2 Å². The number of benzene rings is 3. The van der Waals surface area contributed by atoms with Gasteiger partial charge in [-0.2, -0.15) is 0 Å². The number of hydrogen-bond donors (Lipinski definition) is 0. The number of pyridine rings is 1. The largest absolute Gasteiger partial charge is 0.455 e. The van der Waals surface area contributed by atoms with Crippen LogP contribution in [0.15, 0.2) is 71.3 Å². The smallest absolute Gasteiger partial charge is 0.144 e. The molecule has 0 amide bonds. The first-order chi connectivity index (χ1) is 12.2. The van der Waals surface area contributed by atoms with Crippen molar-refractivity contribution < 1.29 is 4.42 Å². The SMILES string of the molecule is Cc1cnc(-c2cccc3c2oc2ccc4ccccc4c23)cc1C. The van der Waals surface area contributed by atoms with Crippen LogP contribution in [0, 0.1) is 13.8 Å². The molecular weight excluding hydrogens is 306 g/mol. The highest BCUT2D eigenvalue weighted by Crippen LogP contribution is 2.38. The van der Waals surface area contributed by atoms with Crippen LogP contribution in [0.4, 0.5) is 0 Å². The van der Waals surface area contributed by atoms with Crippen molar-refractivity contribution in [2.24, 2.45) is 0 Å². The van der Waals surface area contributed by atoms with Crippen LogP contribution in [0.1, 0.15) is 11.1 Å². The summed E-state index contributed by atoms with van der Waals surface area (Å²) in [6.45, 7) is 4.20. The van der Waals surface area contributed by atoms with Crippen LogP contribution in [0.5, 0.6) is 0 Å². The number of fused-ring (bicyclic) bond motifs is 5. The highest BCUT2D eigenvalue weighted by atomic mass is 16.3. The predicted molar refractivity (Wildman–Crippen MR) is 104 cm³/mol.